The van der Waals surface area contributed by atoms with Gasteiger partial charge < -0.3 is 0 Å². The molecule has 7 aromatic carbocycles. The molecule has 0 heterocycles. The van der Waals surface area contributed by atoms with Crippen LogP contribution >= 0.6 is 0 Å². The van der Waals surface area contributed by atoms with Gasteiger partial charge in [-0.1, -0.05) is 387 Å². The zero-order valence-corrected chi connectivity index (χ0v) is 65.4. The number of hydrogen-bond donors (Lipinski definition) is 0. The molecule has 0 spiro atoms. The van der Waals surface area contributed by atoms with E-state index in [1.54, 1.807) is 39.0 Å². The number of aryl methyl sites for hydroxylation is 4. The number of hydrogen-bond acceptors (Lipinski definition) is 0. The maximum atomic E-state index is 8.72. The number of rotatable bonds is 6. The van der Waals surface area contributed by atoms with Gasteiger partial charge in [0.1, 0.15) is 0 Å². The van der Waals surface area contributed by atoms with Crippen LogP contribution in [-0.4, -0.2) is 0 Å². The molecule has 0 nitrogen and oxygen atoms in total. The highest BCUT2D eigenvalue weighted by molar-refractivity contribution is 5.46. The van der Waals surface area contributed by atoms with E-state index in [0.29, 0.717) is 5.56 Å². The second-order valence-corrected chi connectivity index (χ2v) is 33.8. The molecule has 0 fully saturated rings. The van der Waals surface area contributed by atoms with E-state index in [4.69, 9.17) is 30.2 Å². The fraction of sp³-hybridized carbons (Fsp3) is 0.553. The molecule has 0 amide bonds. The van der Waals surface area contributed by atoms with Crippen molar-refractivity contribution in [1.82, 2.24) is 0 Å². The molecule has 0 N–H and O–H groups in total. The number of benzene rings is 7. The van der Waals surface area contributed by atoms with Crippen molar-refractivity contribution in [2.75, 3.05) is 0 Å². The lowest BCUT2D eigenvalue weighted by molar-refractivity contribution is 0.521. The fourth-order valence-corrected chi connectivity index (χ4v) is 12.1. The van der Waals surface area contributed by atoms with Gasteiger partial charge in [-0.3, -0.25) is 0 Å². The third kappa shape index (κ3) is 27.9. The molecular weight excluding hydrogens is 1130 g/mol. The Hall–Kier alpha value is -5.46. The molecule has 1 atom stereocenters. The normalized spacial score (nSPS) is 17.6. The average Bonchev–Trinajstić information content (AvgIpc) is 0.680. The molecule has 0 saturated heterocycles. The highest BCUT2D eigenvalue weighted by Gasteiger charge is 2.29. The molecule has 0 aliphatic carbocycles. The van der Waals surface area contributed by atoms with Crippen LogP contribution in [0.2, 0.25) is 0 Å². The minimum atomic E-state index is -3.31. The van der Waals surface area contributed by atoms with Crippen molar-refractivity contribution in [1.29, 1.82) is 0 Å². The fourth-order valence-electron chi connectivity index (χ4n) is 12.1. The second kappa shape index (κ2) is 36.2. The quantitative estimate of drug-likeness (QED) is 0.156. The van der Waals surface area contributed by atoms with Crippen molar-refractivity contribution < 1.29 is 30.2 Å². The standard InChI is InChI=1S/2C17H28.2C13H20.C12H18.2C11H16/c1-12(2)13-10-9-11-14(16(3,4)5)15(13)17(6,7)8;1-8-13(4)15-11-9-10-14(12(2)3)16(15)17(5,6)7;2*1-10(2)11-8-6-7-9-12(11)13(3,4)5;1-9-7-6-8-10(2)11(9)12(3,4)5;2*1-9-7-5-6-8-10(9)11(2,3)4/h9-12H,1-8H3;9-13H,8H2,1-7H3;2*6-10H,1-5H3;6-8H,1-5H3;2*5-8H,1-4H3/i12D;2D3,3D3,4D3,8D2,12D,13D;1D3,2D3,10D;10D;;;. The topological polar surface area (TPSA) is 0 Å². The van der Waals surface area contributed by atoms with Crippen molar-refractivity contribution in [2.24, 2.45) is 0 Å². The van der Waals surface area contributed by atoms with Gasteiger partial charge >= 0.3 is 0 Å². The lowest BCUT2D eigenvalue weighted by atomic mass is 9.71. The van der Waals surface area contributed by atoms with Crippen LogP contribution in [0.4, 0.5) is 0 Å². The maximum Gasteiger partial charge on any atom is 0.0349 e. The van der Waals surface area contributed by atoms with Crippen LogP contribution in [0.3, 0.4) is 0 Å². The highest BCUT2D eigenvalue weighted by atomic mass is 14.3. The highest BCUT2D eigenvalue weighted by Crippen LogP contribution is 2.40. The third-order valence-electron chi connectivity index (χ3n) is 16.2. The Kier molecular flexibility index (Phi) is 21.4. The van der Waals surface area contributed by atoms with Gasteiger partial charge in [0.25, 0.3) is 0 Å². The van der Waals surface area contributed by atoms with Gasteiger partial charge in [0.15, 0.2) is 0 Å². The zero-order chi connectivity index (χ0) is 92.0. The molecule has 0 radical (unpaired) electrons. The molecule has 0 aliphatic rings. The summed E-state index contributed by atoms with van der Waals surface area (Å²) in [5, 5.41) is 0. The van der Waals surface area contributed by atoms with E-state index in [1.165, 1.54) is 73.8 Å². The van der Waals surface area contributed by atoms with Crippen molar-refractivity contribution >= 4 is 0 Å². The second-order valence-electron chi connectivity index (χ2n) is 33.8. The minimum absolute atomic E-state index is 0.0486. The van der Waals surface area contributed by atoms with Gasteiger partial charge in [0.2, 0.25) is 0 Å². The van der Waals surface area contributed by atoms with Crippen LogP contribution in [0, 0.1) is 27.7 Å². The first-order valence-electron chi connectivity index (χ1n) is 44.8. The SMILES string of the molecule is Cc1cccc(C)c1C(C)(C)C.Cc1ccccc1C(C)(C)C.Cc1ccccc1C(C)(C)C.[2H]C(C)(C)c1cccc(C(C)(C)C)c1C(C)(C)C.[2H]C(C)(C)c1ccccc1C(C)(C)C.[2H]C([2H])([2H])C([2H])(c1cccc(C([2H])(C([2H])([2H])[2H])C([2H])([2H])C)c1C(C)(C)C)C([2H])([2H])[2H].[2H]C([2H])([2H])C([2H])(c1ccccc1C(C)(C)C)C([2H])([2H])[2H]. The molecule has 522 valence electrons. The van der Waals surface area contributed by atoms with Crippen molar-refractivity contribution in [2.45, 2.75) is 342 Å². The Balaban J connectivity index is 0.000000698. The zero-order valence-electron chi connectivity index (χ0n) is 87.4. The van der Waals surface area contributed by atoms with Gasteiger partial charge in [0.05, 0.1) is 0 Å². The predicted molar refractivity (Wildman–Crippen MR) is 429 cm³/mol. The first kappa shape index (κ1) is 55.5. The smallest absolute Gasteiger partial charge is 0.0349 e. The van der Waals surface area contributed by atoms with Gasteiger partial charge in [-0.25, -0.2) is 0 Å². The lowest BCUT2D eigenvalue weighted by Crippen LogP contribution is -2.24. The monoisotopic (exact) mass is 1300 g/mol. The molecule has 0 aromatic heterocycles. The van der Waals surface area contributed by atoms with Crippen LogP contribution in [0.5, 0.6) is 0 Å². The Morgan fingerprint density at radius 2 is 0.521 bits per heavy atom. The van der Waals surface area contributed by atoms with Gasteiger partial charge in [-0.05, 0) is 201 Å². The largest absolute Gasteiger partial charge is 0.0648 e. The molecular formula is C94H146. The maximum absolute atomic E-state index is 8.72. The van der Waals surface area contributed by atoms with Crippen LogP contribution in [0.25, 0.3) is 0 Å². The summed E-state index contributed by atoms with van der Waals surface area (Å²) in [6.45, 7) is 52.4. The van der Waals surface area contributed by atoms with Crippen molar-refractivity contribution in [3.8, 4) is 0 Å². The molecule has 1 unspecified atom stereocenters. The molecule has 0 aliphatic heterocycles. The average molecular weight is 1300 g/mol. The molecule has 0 heteroatoms. The summed E-state index contributed by atoms with van der Waals surface area (Å²) in [5.41, 5.74) is 15.5. The predicted octanol–water partition coefficient (Wildman–Crippen LogP) is 29.4. The molecule has 94 heavy (non-hydrogen) atoms. The van der Waals surface area contributed by atoms with Gasteiger partial charge in [-0.15, -0.1) is 0 Å². The Bertz CT molecular complexity index is 4030. The summed E-state index contributed by atoms with van der Waals surface area (Å²) in [6.07, 6.45) is -2.61. The summed E-state index contributed by atoms with van der Waals surface area (Å²) >= 11 is 0. The molecule has 7 aromatic rings. The summed E-state index contributed by atoms with van der Waals surface area (Å²) in [5.74, 6) is -9.66. The van der Waals surface area contributed by atoms with Crippen molar-refractivity contribution in [3.05, 3.63) is 246 Å². The molecule has 0 saturated carbocycles. The first-order chi connectivity index (χ1) is 51.1. The Morgan fingerprint density at radius 1 is 0.266 bits per heavy atom. The van der Waals surface area contributed by atoms with Crippen molar-refractivity contribution in [3.63, 3.8) is 0 Å². The minimum Gasteiger partial charge on any atom is -0.0648 e. The summed E-state index contributed by atoms with van der Waals surface area (Å²) in [6, 6.07) is 48.3. The van der Waals surface area contributed by atoms with E-state index in [0.717, 1.165) is 24.1 Å². The van der Waals surface area contributed by atoms with Gasteiger partial charge in [-0.2, -0.15) is 0 Å². The summed E-state index contributed by atoms with van der Waals surface area (Å²) in [4.78, 5) is 0. The van der Waals surface area contributed by atoms with E-state index in [-0.39, 0.29) is 49.2 Å². The van der Waals surface area contributed by atoms with Crippen LogP contribution in [0.1, 0.15) is 396 Å². The summed E-state index contributed by atoms with van der Waals surface area (Å²) < 4.78 is 174. The molecule has 0 bridgehead atoms. The van der Waals surface area contributed by atoms with Crippen LogP contribution in [-0.2, 0) is 43.3 Å². The third-order valence-corrected chi connectivity index (χ3v) is 16.2. The van der Waals surface area contributed by atoms with E-state index in [1.807, 2.05) is 54.5 Å². The van der Waals surface area contributed by atoms with Crippen LogP contribution < -0.4 is 0 Å². The Morgan fingerprint density at radius 3 is 0.798 bits per heavy atom. The van der Waals surface area contributed by atoms with E-state index >= 15 is 0 Å². The molecule has 7 rings (SSSR count). The van der Waals surface area contributed by atoms with Crippen LogP contribution in [0.15, 0.2) is 152 Å². The van der Waals surface area contributed by atoms with Gasteiger partial charge in [0, 0.05) is 30.2 Å². The van der Waals surface area contributed by atoms with E-state index in [2.05, 4.69) is 255 Å². The lowest BCUT2D eigenvalue weighted by Gasteiger charge is -2.33. The van der Waals surface area contributed by atoms with E-state index < -0.39 is 86.5 Å². The first-order valence-corrected chi connectivity index (χ1v) is 33.8. The summed E-state index contributed by atoms with van der Waals surface area (Å²) in [7, 11) is 0. The Labute approximate surface area is 616 Å². The van der Waals surface area contributed by atoms with E-state index in [9.17, 15) is 0 Å².